The zero-order valence-electron chi connectivity index (χ0n) is 9.66. The Kier molecular flexibility index (Phi) is 5.05. The van der Waals surface area contributed by atoms with Crippen molar-refractivity contribution in [2.24, 2.45) is 5.73 Å². The largest absolute Gasteiger partial charge is 0.376 e. The molecule has 0 radical (unpaired) electrons. The fraction of sp³-hybridized carbons (Fsp3) is 0.909. The molecule has 3 N–H and O–H groups in total. The van der Waals surface area contributed by atoms with Gasteiger partial charge in [0.15, 0.2) is 0 Å². The van der Waals surface area contributed by atoms with Crippen molar-refractivity contribution in [2.45, 2.75) is 57.7 Å². The third-order valence-corrected chi connectivity index (χ3v) is 2.88. The van der Waals surface area contributed by atoms with Gasteiger partial charge in [-0.3, -0.25) is 4.79 Å². The van der Waals surface area contributed by atoms with Gasteiger partial charge in [0.05, 0.1) is 12.1 Å². The molecule has 0 aromatic rings. The van der Waals surface area contributed by atoms with Gasteiger partial charge in [0, 0.05) is 19.1 Å². The molecule has 3 atom stereocenters. The van der Waals surface area contributed by atoms with Crippen LogP contribution in [0.1, 0.15) is 39.5 Å². The standard InChI is InChI=1S/C11H22N2O2/c1-3-9(12)7-11(14)13-8(2)10-5-4-6-15-10/h8-10H,3-7,12H2,1-2H3,(H,13,14). The summed E-state index contributed by atoms with van der Waals surface area (Å²) < 4.78 is 5.50. The molecule has 0 spiro atoms. The van der Waals surface area contributed by atoms with Crippen LogP contribution in [0.5, 0.6) is 0 Å². The molecule has 1 heterocycles. The van der Waals surface area contributed by atoms with Crippen LogP contribution in [0, 0.1) is 0 Å². The molecule has 1 aliphatic rings. The van der Waals surface area contributed by atoms with Gasteiger partial charge in [0.25, 0.3) is 0 Å². The molecular weight excluding hydrogens is 192 g/mol. The van der Waals surface area contributed by atoms with Gasteiger partial charge in [-0.05, 0) is 26.2 Å². The summed E-state index contributed by atoms with van der Waals surface area (Å²) in [7, 11) is 0. The zero-order valence-corrected chi connectivity index (χ0v) is 9.66. The van der Waals surface area contributed by atoms with Crippen molar-refractivity contribution < 1.29 is 9.53 Å². The van der Waals surface area contributed by atoms with Gasteiger partial charge in [-0.2, -0.15) is 0 Å². The van der Waals surface area contributed by atoms with Gasteiger partial charge >= 0.3 is 0 Å². The van der Waals surface area contributed by atoms with Crippen molar-refractivity contribution >= 4 is 5.91 Å². The second-order valence-electron chi connectivity index (χ2n) is 4.28. The smallest absolute Gasteiger partial charge is 0.221 e. The Bertz CT molecular complexity index is 203. The molecule has 0 aromatic carbocycles. The van der Waals surface area contributed by atoms with Gasteiger partial charge in [0.2, 0.25) is 5.91 Å². The Morgan fingerprint density at radius 2 is 2.40 bits per heavy atom. The van der Waals surface area contributed by atoms with E-state index in [-0.39, 0.29) is 24.1 Å². The highest BCUT2D eigenvalue weighted by Gasteiger charge is 2.23. The van der Waals surface area contributed by atoms with E-state index in [9.17, 15) is 4.79 Å². The van der Waals surface area contributed by atoms with Crippen molar-refractivity contribution in [3.05, 3.63) is 0 Å². The highest BCUT2D eigenvalue weighted by atomic mass is 16.5. The maximum absolute atomic E-state index is 11.5. The number of rotatable bonds is 5. The molecule has 3 unspecified atom stereocenters. The summed E-state index contributed by atoms with van der Waals surface area (Å²) in [5.74, 6) is 0.0346. The van der Waals surface area contributed by atoms with E-state index in [1.807, 2.05) is 13.8 Å². The molecule has 15 heavy (non-hydrogen) atoms. The van der Waals surface area contributed by atoms with Crippen molar-refractivity contribution in [1.82, 2.24) is 5.32 Å². The third kappa shape index (κ3) is 4.18. The Hall–Kier alpha value is -0.610. The average Bonchev–Trinajstić information content (AvgIpc) is 2.70. The molecular formula is C11H22N2O2. The van der Waals surface area contributed by atoms with E-state index < -0.39 is 0 Å². The lowest BCUT2D eigenvalue weighted by Crippen LogP contribution is -2.42. The van der Waals surface area contributed by atoms with Crippen LogP contribution in [0.3, 0.4) is 0 Å². The highest BCUT2D eigenvalue weighted by molar-refractivity contribution is 5.76. The molecule has 1 aliphatic heterocycles. The SMILES string of the molecule is CCC(N)CC(=O)NC(C)C1CCCO1. The summed E-state index contributed by atoms with van der Waals surface area (Å²) in [4.78, 5) is 11.5. The molecule has 88 valence electrons. The number of ether oxygens (including phenoxy) is 1. The van der Waals surface area contributed by atoms with Gasteiger partial charge in [-0.1, -0.05) is 6.92 Å². The fourth-order valence-electron chi connectivity index (χ4n) is 1.79. The number of nitrogens with two attached hydrogens (primary N) is 1. The van der Waals surface area contributed by atoms with Crippen molar-refractivity contribution in [3.8, 4) is 0 Å². The highest BCUT2D eigenvalue weighted by Crippen LogP contribution is 2.15. The van der Waals surface area contributed by atoms with Gasteiger partial charge < -0.3 is 15.8 Å². The lowest BCUT2D eigenvalue weighted by atomic mass is 10.1. The topological polar surface area (TPSA) is 64.4 Å². The summed E-state index contributed by atoms with van der Waals surface area (Å²) in [5.41, 5.74) is 5.71. The lowest BCUT2D eigenvalue weighted by Gasteiger charge is -2.20. The predicted molar refractivity (Wildman–Crippen MR) is 59.5 cm³/mol. The molecule has 4 nitrogen and oxygen atoms in total. The first-order chi connectivity index (χ1) is 7.13. The summed E-state index contributed by atoms with van der Waals surface area (Å²) in [6.07, 6.45) is 3.57. The minimum atomic E-state index is -0.0262. The van der Waals surface area contributed by atoms with Crippen LogP contribution in [0.25, 0.3) is 0 Å². The Morgan fingerprint density at radius 1 is 1.67 bits per heavy atom. The first-order valence-corrected chi connectivity index (χ1v) is 5.80. The summed E-state index contributed by atoms with van der Waals surface area (Å²) >= 11 is 0. The van der Waals surface area contributed by atoms with E-state index >= 15 is 0 Å². The molecule has 0 aliphatic carbocycles. The van der Waals surface area contributed by atoms with Crippen LogP contribution in [0.15, 0.2) is 0 Å². The van der Waals surface area contributed by atoms with E-state index in [4.69, 9.17) is 10.5 Å². The number of amides is 1. The Balaban J connectivity index is 2.24. The van der Waals surface area contributed by atoms with Crippen molar-refractivity contribution in [2.75, 3.05) is 6.61 Å². The third-order valence-electron chi connectivity index (χ3n) is 2.88. The number of hydrogen-bond acceptors (Lipinski definition) is 3. The van der Waals surface area contributed by atoms with E-state index in [2.05, 4.69) is 5.32 Å². The minimum Gasteiger partial charge on any atom is -0.376 e. The molecule has 1 amide bonds. The fourth-order valence-corrected chi connectivity index (χ4v) is 1.79. The molecule has 1 saturated heterocycles. The van der Waals surface area contributed by atoms with Gasteiger partial charge in [-0.25, -0.2) is 0 Å². The molecule has 0 aromatic heterocycles. The molecule has 4 heteroatoms. The molecule has 1 rings (SSSR count). The van der Waals surface area contributed by atoms with E-state index in [0.29, 0.717) is 6.42 Å². The van der Waals surface area contributed by atoms with Crippen molar-refractivity contribution in [3.63, 3.8) is 0 Å². The predicted octanol–water partition coefficient (Wildman–Crippen LogP) is 0.797. The van der Waals surface area contributed by atoms with Crippen LogP contribution in [0.4, 0.5) is 0 Å². The maximum atomic E-state index is 11.5. The van der Waals surface area contributed by atoms with Crippen molar-refractivity contribution in [1.29, 1.82) is 0 Å². The lowest BCUT2D eigenvalue weighted by molar-refractivity contribution is -0.122. The zero-order chi connectivity index (χ0) is 11.3. The molecule has 1 fully saturated rings. The minimum absolute atomic E-state index is 0.0262. The number of nitrogens with one attached hydrogen (secondary N) is 1. The second-order valence-corrected chi connectivity index (χ2v) is 4.28. The quantitative estimate of drug-likeness (QED) is 0.711. The number of carbonyl (C=O) groups excluding carboxylic acids is 1. The molecule has 0 bridgehead atoms. The summed E-state index contributed by atoms with van der Waals surface area (Å²) in [5, 5.41) is 2.94. The van der Waals surface area contributed by atoms with Gasteiger partial charge in [0.1, 0.15) is 0 Å². The molecule has 0 saturated carbocycles. The second kappa shape index (κ2) is 6.08. The number of carbonyl (C=O) groups is 1. The van der Waals surface area contributed by atoms with Crippen LogP contribution >= 0.6 is 0 Å². The normalized spacial score (nSPS) is 24.9. The van der Waals surface area contributed by atoms with Crippen LogP contribution < -0.4 is 11.1 Å². The number of hydrogen-bond donors (Lipinski definition) is 2. The van der Waals surface area contributed by atoms with E-state index in [1.54, 1.807) is 0 Å². The van der Waals surface area contributed by atoms with Crippen LogP contribution in [-0.4, -0.2) is 30.7 Å². The first-order valence-electron chi connectivity index (χ1n) is 5.80. The first kappa shape index (κ1) is 12.5. The average molecular weight is 214 g/mol. The Morgan fingerprint density at radius 3 is 2.93 bits per heavy atom. The van der Waals surface area contributed by atoms with E-state index in [0.717, 1.165) is 25.9 Å². The van der Waals surface area contributed by atoms with E-state index in [1.165, 1.54) is 0 Å². The summed E-state index contributed by atoms with van der Waals surface area (Å²) in [6, 6.07) is 0.0748. The monoisotopic (exact) mass is 214 g/mol. The summed E-state index contributed by atoms with van der Waals surface area (Å²) in [6.45, 7) is 4.80. The van der Waals surface area contributed by atoms with Crippen LogP contribution in [-0.2, 0) is 9.53 Å². The van der Waals surface area contributed by atoms with Crippen LogP contribution in [0.2, 0.25) is 0 Å². The Labute approximate surface area is 91.5 Å². The maximum Gasteiger partial charge on any atom is 0.221 e. The van der Waals surface area contributed by atoms with Gasteiger partial charge in [-0.15, -0.1) is 0 Å².